The van der Waals surface area contributed by atoms with Crippen LogP contribution in [-0.4, -0.2) is 28.9 Å². The highest BCUT2D eigenvalue weighted by Crippen LogP contribution is 2.39. The van der Waals surface area contributed by atoms with Crippen molar-refractivity contribution in [2.45, 2.75) is 44.6 Å². The van der Waals surface area contributed by atoms with Gasteiger partial charge in [-0.05, 0) is 30.7 Å². The van der Waals surface area contributed by atoms with Crippen LogP contribution in [-0.2, 0) is 11.2 Å². The van der Waals surface area contributed by atoms with E-state index in [1.807, 2.05) is 18.2 Å². The quantitative estimate of drug-likeness (QED) is 0.869. The molecule has 1 saturated carbocycles. The van der Waals surface area contributed by atoms with Crippen molar-refractivity contribution in [2.75, 3.05) is 6.54 Å². The minimum Gasteiger partial charge on any atom is -0.309 e. The van der Waals surface area contributed by atoms with Crippen molar-refractivity contribution >= 4 is 11.9 Å². The van der Waals surface area contributed by atoms with Gasteiger partial charge in [0.2, 0.25) is 0 Å². The number of hydrogen-bond donors (Lipinski definition) is 1. The monoisotopic (exact) mass is 286 g/mol. The van der Waals surface area contributed by atoms with Crippen molar-refractivity contribution < 1.29 is 9.59 Å². The maximum absolute atomic E-state index is 12.4. The van der Waals surface area contributed by atoms with Crippen molar-refractivity contribution in [2.24, 2.45) is 5.92 Å². The SMILES string of the molecule is CC1CCCC2(C1)C(=O)NC(=O)N2CCc1ccccc1. The molecule has 1 spiro atoms. The van der Waals surface area contributed by atoms with E-state index in [0.29, 0.717) is 12.5 Å². The van der Waals surface area contributed by atoms with Gasteiger partial charge in [0.05, 0.1) is 0 Å². The van der Waals surface area contributed by atoms with Gasteiger partial charge < -0.3 is 4.90 Å². The number of benzene rings is 1. The Morgan fingerprint density at radius 1 is 1.29 bits per heavy atom. The van der Waals surface area contributed by atoms with E-state index >= 15 is 0 Å². The number of amides is 3. The molecule has 2 aliphatic rings. The first-order valence-corrected chi connectivity index (χ1v) is 7.79. The predicted octanol–water partition coefficient (Wildman–Crippen LogP) is 2.73. The summed E-state index contributed by atoms with van der Waals surface area (Å²) >= 11 is 0. The average molecular weight is 286 g/mol. The minimum absolute atomic E-state index is 0.0906. The molecule has 1 aliphatic heterocycles. The fraction of sp³-hybridized carbons (Fsp3) is 0.529. The molecule has 2 unspecified atom stereocenters. The predicted molar refractivity (Wildman–Crippen MR) is 80.8 cm³/mol. The molecule has 3 rings (SSSR count). The number of urea groups is 1. The maximum atomic E-state index is 12.4. The Morgan fingerprint density at radius 2 is 2.05 bits per heavy atom. The topological polar surface area (TPSA) is 49.4 Å². The number of nitrogens with zero attached hydrogens (tertiary/aromatic N) is 1. The molecule has 3 amide bonds. The minimum atomic E-state index is -0.594. The lowest BCUT2D eigenvalue weighted by atomic mass is 9.75. The van der Waals surface area contributed by atoms with Crippen LogP contribution in [0.5, 0.6) is 0 Å². The van der Waals surface area contributed by atoms with Gasteiger partial charge in [-0.25, -0.2) is 4.79 Å². The van der Waals surface area contributed by atoms with E-state index in [1.165, 1.54) is 5.56 Å². The van der Waals surface area contributed by atoms with Crippen molar-refractivity contribution in [3.63, 3.8) is 0 Å². The second-order valence-electron chi connectivity index (χ2n) is 6.38. The Labute approximate surface area is 125 Å². The highest BCUT2D eigenvalue weighted by molar-refractivity contribution is 6.07. The lowest BCUT2D eigenvalue weighted by molar-refractivity contribution is -0.129. The molecule has 21 heavy (non-hydrogen) atoms. The third-order valence-electron chi connectivity index (χ3n) is 4.85. The van der Waals surface area contributed by atoms with Crippen LogP contribution in [0.1, 0.15) is 38.2 Å². The number of carbonyl (C=O) groups excluding carboxylic acids is 2. The highest BCUT2D eigenvalue weighted by Gasteiger charge is 2.53. The largest absolute Gasteiger partial charge is 0.325 e. The molecular weight excluding hydrogens is 264 g/mol. The second-order valence-corrected chi connectivity index (χ2v) is 6.38. The third-order valence-corrected chi connectivity index (χ3v) is 4.85. The molecule has 0 aromatic heterocycles. The fourth-order valence-corrected chi connectivity index (χ4v) is 3.77. The summed E-state index contributed by atoms with van der Waals surface area (Å²) in [6.45, 7) is 2.78. The molecule has 1 aliphatic carbocycles. The lowest BCUT2D eigenvalue weighted by Crippen LogP contribution is -2.53. The zero-order chi connectivity index (χ0) is 14.9. The van der Waals surface area contributed by atoms with Gasteiger partial charge in [0, 0.05) is 6.54 Å². The van der Waals surface area contributed by atoms with Gasteiger partial charge in [-0.1, -0.05) is 50.1 Å². The molecule has 1 N–H and O–H groups in total. The van der Waals surface area contributed by atoms with E-state index in [0.717, 1.165) is 32.1 Å². The number of carbonyl (C=O) groups is 2. The van der Waals surface area contributed by atoms with Crippen LogP contribution in [0.3, 0.4) is 0 Å². The molecule has 1 heterocycles. The van der Waals surface area contributed by atoms with Crippen LogP contribution in [0.25, 0.3) is 0 Å². The van der Waals surface area contributed by atoms with Gasteiger partial charge in [-0.3, -0.25) is 10.1 Å². The van der Waals surface area contributed by atoms with E-state index in [9.17, 15) is 9.59 Å². The van der Waals surface area contributed by atoms with E-state index in [-0.39, 0.29) is 11.9 Å². The maximum Gasteiger partial charge on any atom is 0.325 e. The van der Waals surface area contributed by atoms with Crippen LogP contribution in [0.15, 0.2) is 30.3 Å². The Morgan fingerprint density at radius 3 is 2.76 bits per heavy atom. The average Bonchev–Trinajstić information content (AvgIpc) is 2.69. The first kappa shape index (κ1) is 14.1. The number of imide groups is 1. The standard InChI is InChI=1S/C17H22N2O2/c1-13-6-5-10-17(12-13)15(20)18-16(21)19(17)11-9-14-7-3-2-4-8-14/h2-4,7-8,13H,5-6,9-12H2,1H3,(H,18,20,21). The molecular formula is C17H22N2O2. The summed E-state index contributed by atoms with van der Waals surface area (Å²) < 4.78 is 0. The van der Waals surface area contributed by atoms with Crippen LogP contribution in [0.2, 0.25) is 0 Å². The first-order chi connectivity index (χ1) is 10.1. The van der Waals surface area contributed by atoms with Gasteiger partial charge in [-0.15, -0.1) is 0 Å². The van der Waals surface area contributed by atoms with Crippen LogP contribution in [0, 0.1) is 5.92 Å². The van der Waals surface area contributed by atoms with Gasteiger partial charge in [-0.2, -0.15) is 0 Å². The van der Waals surface area contributed by atoms with Crippen molar-refractivity contribution in [1.82, 2.24) is 10.2 Å². The Bertz CT molecular complexity index is 543. The molecule has 0 bridgehead atoms. The van der Waals surface area contributed by atoms with E-state index in [1.54, 1.807) is 4.90 Å². The molecule has 112 valence electrons. The van der Waals surface area contributed by atoms with Gasteiger partial charge in [0.15, 0.2) is 0 Å². The zero-order valence-electron chi connectivity index (χ0n) is 12.5. The Hall–Kier alpha value is -1.84. The zero-order valence-corrected chi connectivity index (χ0v) is 12.5. The summed E-state index contributed by atoms with van der Waals surface area (Å²) in [5, 5.41) is 2.53. The molecule has 2 fully saturated rings. The highest BCUT2D eigenvalue weighted by atomic mass is 16.2. The second kappa shape index (κ2) is 5.51. The third kappa shape index (κ3) is 2.55. The summed E-state index contributed by atoms with van der Waals surface area (Å²) in [6, 6.07) is 9.90. The summed E-state index contributed by atoms with van der Waals surface area (Å²) in [7, 11) is 0. The van der Waals surface area contributed by atoms with Gasteiger partial charge in [0.25, 0.3) is 5.91 Å². The van der Waals surface area contributed by atoms with E-state index in [4.69, 9.17) is 0 Å². The molecule has 4 nitrogen and oxygen atoms in total. The number of rotatable bonds is 3. The van der Waals surface area contributed by atoms with E-state index < -0.39 is 5.54 Å². The Balaban J connectivity index is 1.78. The van der Waals surface area contributed by atoms with Crippen LogP contribution >= 0.6 is 0 Å². The summed E-state index contributed by atoms with van der Waals surface area (Å²) in [5.41, 5.74) is 0.604. The van der Waals surface area contributed by atoms with E-state index in [2.05, 4.69) is 24.4 Å². The fourth-order valence-electron chi connectivity index (χ4n) is 3.77. The molecule has 1 aromatic rings. The normalized spacial score (nSPS) is 29.0. The molecule has 0 radical (unpaired) electrons. The Kier molecular flexibility index (Phi) is 3.70. The van der Waals surface area contributed by atoms with Crippen molar-refractivity contribution in [1.29, 1.82) is 0 Å². The van der Waals surface area contributed by atoms with Crippen LogP contribution < -0.4 is 5.32 Å². The smallest absolute Gasteiger partial charge is 0.309 e. The summed E-state index contributed by atoms with van der Waals surface area (Å²) in [4.78, 5) is 26.3. The summed E-state index contributed by atoms with van der Waals surface area (Å²) in [6.07, 6.45) is 4.54. The first-order valence-electron chi connectivity index (χ1n) is 7.79. The molecule has 2 atom stereocenters. The van der Waals surface area contributed by atoms with Gasteiger partial charge >= 0.3 is 6.03 Å². The van der Waals surface area contributed by atoms with Gasteiger partial charge in [0.1, 0.15) is 5.54 Å². The van der Waals surface area contributed by atoms with Crippen molar-refractivity contribution in [3.05, 3.63) is 35.9 Å². The lowest BCUT2D eigenvalue weighted by Gasteiger charge is -2.40. The summed E-state index contributed by atoms with van der Waals surface area (Å²) in [5.74, 6) is 0.404. The van der Waals surface area contributed by atoms with Crippen molar-refractivity contribution in [3.8, 4) is 0 Å². The number of hydrogen-bond acceptors (Lipinski definition) is 2. The molecule has 4 heteroatoms. The molecule has 1 aromatic carbocycles. The molecule has 1 saturated heterocycles. The number of nitrogens with one attached hydrogen (secondary N) is 1. The van der Waals surface area contributed by atoms with Crippen LogP contribution in [0.4, 0.5) is 4.79 Å².